The number of unbranched alkanes of at least 4 members (excludes halogenated alkanes) is 2. The summed E-state index contributed by atoms with van der Waals surface area (Å²) in [7, 11) is 0. The number of aryl methyl sites for hydroxylation is 1. The summed E-state index contributed by atoms with van der Waals surface area (Å²) in [6.07, 6.45) is 27.0. The molecule has 0 bridgehead atoms. The Kier molecular flexibility index (Phi) is 13.3. The van der Waals surface area contributed by atoms with E-state index in [-0.39, 0.29) is 5.75 Å². The molecule has 0 amide bonds. The van der Waals surface area contributed by atoms with Crippen molar-refractivity contribution in [2.75, 3.05) is 6.61 Å². The number of hydrogen-bond acceptors (Lipinski definition) is 1. The van der Waals surface area contributed by atoms with Gasteiger partial charge in [-0.1, -0.05) is 65.4 Å². The van der Waals surface area contributed by atoms with E-state index >= 15 is 0 Å². The molecule has 1 aromatic carbocycles. The van der Waals surface area contributed by atoms with E-state index in [1.807, 2.05) is 0 Å². The summed E-state index contributed by atoms with van der Waals surface area (Å²) in [6.45, 7) is 8.68. The highest BCUT2D eigenvalue weighted by molar-refractivity contribution is 5.30. The van der Waals surface area contributed by atoms with Crippen LogP contribution in [0.25, 0.3) is 0 Å². The van der Waals surface area contributed by atoms with Crippen LogP contribution in [0.4, 0.5) is 8.78 Å². The summed E-state index contributed by atoms with van der Waals surface area (Å²) < 4.78 is 33.7. The molecule has 5 rings (SSSR count). The van der Waals surface area contributed by atoms with Crippen LogP contribution < -0.4 is 4.74 Å². The van der Waals surface area contributed by atoms with Crippen LogP contribution in [0.1, 0.15) is 148 Å². The fraction of sp³-hybridized carbons (Fsp3) is 0.842. The lowest BCUT2D eigenvalue weighted by Gasteiger charge is -2.46. The van der Waals surface area contributed by atoms with Gasteiger partial charge in [-0.3, -0.25) is 0 Å². The van der Waals surface area contributed by atoms with Gasteiger partial charge in [0.15, 0.2) is 11.6 Å². The maximum atomic E-state index is 14.1. The second-order valence-electron chi connectivity index (χ2n) is 14.8. The minimum atomic E-state index is -0.834. The summed E-state index contributed by atoms with van der Waals surface area (Å²) in [6, 6.07) is 3.18. The Morgan fingerprint density at radius 2 is 1.10 bits per heavy atom. The number of hydrogen-bond donors (Lipinski definition) is 0. The van der Waals surface area contributed by atoms with Crippen LogP contribution in [0.3, 0.4) is 0 Å². The lowest BCUT2D eigenvalue weighted by atomic mass is 9.60. The predicted octanol–water partition coefficient (Wildman–Crippen LogP) is 12.1. The van der Waals surface area contributed by atoms with Crippen molar-refractivity contribution in [1.29, 1.82) is 0 Å². The monoisotopic (exact) mass is 572 g/mol. The van der Waals surface area contributed by atoms with E-state index in [9.17, 15) is 8.78 Å². The lowest BCUT2D eigenvalue weighted by Crippen LogP contribution is -2.35. The molecule has 234 valence electrons. The molecule has 0 spiro atoms. The molecule has 0 aliphatic heterocycles. The Morgan fingerprint density at radius 1 is 0.610 bits per heavy atom. The highest BCUT2D eigenvalue weighted by atomic mass is 19.2. The molecule has 1 nitrogen and oxygen atoms in total. The van der Waals surface area contributed by atoms with Crippen molar-refractivity contribution in [3.63, 3.8) is 0 Å². The number of ether oxygens (including phenoxy) is 1. The van der Waals surface area contributed by atoms with E-state index in [2.05, 4.69) is 20.8 Å². The second kappa shape index (κ2) is 16.7. The fourth-order valence-electron chi connectivity index (χ4n) is 9.26. The zero-order valence-electron chi connectivity index (χ0n) is 27.1. The number of halogens is 2. The van der Waals surface area contributed by atoms with Gasteiger partial charge in [-0.25, -0.2) is 4.39 Å². The molecule has 4 aliphatic carbocycles. The third-order valence-corrected chi connectivity index (χ3v) is 11.7. The molecule has 4 aliphatic rings. The van der Waals surface area contributed by atoms with Crippen LogP contribution in [0.5, 0.6) is 5.75 Å². The lowest BCUT2D eigenvalue weighted by molar-refractivity contribution is 0.0486. The SMILES string of the molecule is CCC.CCCCCC1CCC2CC(C3CCC(C4CCC(COc5ccc(C)c(F)c5F)CC4)CC3)CCC2C1. The van der Waals surface area contributed by atoms with Gasteiger partial charge in [0.2, 0.25) is 5.82 Å². The third-order valence-electron chi connectivity index (χ3n) is 11.7. The van der Waals surface area contributed by atoms with E-state index in [1.165, 1.54) is 109 Å². The second-order valence-corrected chi connectivity index (χ2v) is 14.8. The Bertz CT molecular complexity index is 883. The first-order valence-electron chi connectivity index (χ1n) is 18.0. The topological polar surface area (TPSA) is 9.23 Å². The molecule has 1 aromatic rings. The van der Waals surface area contributed by atoms with Crippen LogP contribution in [-0.4, -0.2) is 6.61 Å². The van der Waals surface area contributed by atoms with Crippen LogP contribution in [-0.2, 0) is 0 Å². The largest absolute Gasteiger partial charge is 0.490 e. The van der Waals surface area contributed by atoms with Gasteiger partial charge in [-0.05, 0) is 149 Å². The van der Waals surface area contributed by atoms with Crippen LogP contribution in [0, 0.1) is 65.9 Å². The highest BCUT2D eigenvalue weighted by Gasteiger charge is 2.39. The first-order valence-corrected chi connectivity index (χ1v) is 18.0. The summed E-state index contributed by atoms with van der Waals surface area (Å²) >= 11 is 0. The molecule has 4 fully saturated rings. The minimum Gasteiger partial charge on any atom is -0.490 e. The summed E-state index contributed by atoms with van der Waals surface area (Å²) in [5.41, 5.74) is 0.332. The van der Waals surface area contributed by atoms with Crippen molar-refractivity contribution < 1.29 is 13.5 Å². The first-order chi connectivity index (χ1) is 19.9. The number of fused-ring (bicyclic) bond motifs is 1. The molecular formula is C38H62F2O. The van der Waals surface area contributed by atoms with E-state index in [0.717, 1.165) is 41.4 Å². The molecule has 3 heteroatoms. The first kappa shape index (κ1) is 32.8. The smallest absolute Gasteiger partial charge is 0.200 e. The van der Waals surface area contributed by atoms with Crippen molar-refractivity contribution in [3.8, 4) is 5.75 Å². The Labute approximate surface area is 252 Å². The van der Waals surface area contributed by atoms with Gasteiger partial charge in [-0.2, -0.15) is 4.39 Å². The van der Waals surface area contributed by atoms with Gasteiger partial charge in [0.25, 0.3) is 0 Å². The zero-order chi connectivity index (χ0) is 29.2. The summed E-state index contributed by atoms with van der Waals surface area (Å²) in [5, 5.41) is 0. The van der Waals surface area contributed by atoms with Crippen molar-refractivity contribution >= 4 is 0 Å². The number of benzene rings is 1. The molecule has 4 saturated carbocycles. The standard InChI is InChI=1S/C35H54F2O.C3H8/c1-3-4-5-6-25-8-13-32-22-31(19-18-30(32)21-25)29-16-14-28(15-17-29)27-11-9-26(10-12-27)23-38-33-20-7-24(2)34(36)35(33)37;1-3-2/h7,20,25-32H,3-6,8-19,21-23H2,1-2H3;3H2,1-2H3. The Morgan fingerprint density at radius 3 is 1.73 bits per heavy atom. The molecule has 4 atom stereocenters. The average molecular weight is 573 g/mol. The normalized spacial score (nSPS) is 33.8. The van der Waals surface area contributed by atoms with Crippen LogP contribution >= 0.6 is 0 Å². The van der Waals surface area contributed by atoms with E-state index in [1.54, 1.807) is 31.9 Å². The molecule has 0 heterocycles. The van der Waals surface area contributed by atoms with Crippen LogP contribution in [0.15, 0.2) is 12.1 Å². The van der Waals surface area contributed by atoms with Gasteiger partial charge < -0.3 is 4.74 Å². The maximum Gasteiger partial charge on any atom is 0.200 e. The molecule has 41 heavy (non-hydrogen) atoms. The van der Waals surface area contributed by atoms with Crippen molar-refractivity contribution in [2.45, 2.75) is 150 Å². The van der Waals surface area contributed by atoms with Gasteiger partial charge in [0, 0.05) is 0 Å². The van der Waals surface area contributed by atoms with Crippen molar-refractivity contribution in [1.82, 2.24) is 0 Å². The minimum absolute atomic E-state index is 0.0718. The maximum absolute atomic E-state index is 14.1. The average Bonchev–Trinajstić information content (AvgIpc) is 3.00. The predicted molar refractivity (Wildman–Crippen MR) is 169 cm³/mol. The Hall–Kier alpha value is -1.12. The molecule has 0 N–H and O–H groups in total. The molecular weight excluding hydrogens is 510 g/mol. The van der Waals surface area contributed by atoms with E-state index < -0.39 is 11.6 Å². The van der Waals surface area contributed by atoms with Gasteiger partial charge in [0.1, 0.15) is 0 Å². The van der Waals surface area contributed by atoms with Gasteiger partial charge >= 0.3 is 0 Å². The third kappa shape index (κ3) is 9.18. The Balaban J connectivity index is 0.00000124. The van der Waals surface area contributed by atoms with E-state index in [4.69, 9.17) is 4.74 Å². The zero-order valence-corrected chi connectivity index (χ0v) is 27.1. The molecule has 4 unspecified atom stereocenters. The van der Waals surface area contributed by atoms with Crippen molar-refractivity contribution in [3.05, 3.63) is 29.3 Å². The molecule has 0 saturated heterocycles. The van der Waals surface area contributed by atoms with E-state index in [0.29, 0.717) is 18.1 Å². The van der Waals surface area contributed by atoms with Crippen LogP contribution in [0.2, 0.25) is 0 Å². The number of rotatable bonds is 9. The van der Waals surface area contributed by atoms with Crippen molar-refractivity contribution in [2.24, 2.45) is 47.3 Å². The summed E-state index contributed by atoms with van der Waals surface area (Å²) in [5.74, 6) is 5.91. The molecule has 0 radical (unpaired) electrons. The fourth-order valence-corrected chi connectivity index (χ4v) is 9.26. The molecule has 0 aromatic heterocycles. The van der Waals surface area contributed by atoms with Gasteiger partial charge in [-0.15, -0.1) is 0 Å². The van der Waals surface area contributed by atoms with Gasteiger partial charge in [0.05, 0.1) is 6.61 Å². The quantitative estimate of drug-likeness (QED) is 0.267. The summed E-state index contributed by atoms with van der Waals surface area (Å²) in [4.78, 5) is 0. The highest BCUT2D eigenvalue weighted by Crippen LogP contribution is 2.51.